The van der Waals surface area contributed by atoms with Gasteiger partial charge in [-0.05, 0) is 32.1 Å². The van der Waals surface area contributed by atoms with Crippen molar-refractivity contribution < 1.29 is 9.53 Å². The molecule has 7 nitrogen and oxygen atoms in total. The maximum Gasteiger partial charge on any atom is 0.328 e. The maximum absolute atomic E-state index is 12.5. The van der Waals surface area contributed by atoms with Crippen molar-refractivity contribution in [1.29, 1.82) is 0 Å². The van der Waals surface area contributed by atoms with E-state index in [2.05, 4.69) is 4.98 Å². The van der Waals surface area contributed by atoms with Crippen LogP contribution in [-0.4, -0.2) is 46.7 Å². The van der Waals surface area contributed by atoms with Gasteiger partial charge in [0.25, 0.3) is 5.56 Å². The molecule has 0 saturated carbocycles. The summed E-state index contributed by atoms with van der Waals surface area (Å²) in [5.74, 6) is -0.0729. The van der Waals surface area contributed by atoms with Crippen LogP contribution in [0.2, 0.25) is 0 Å². The van der Waals surface area contributed by atoms with E-state index in [1.807, 2.05) is 4.90 Å². The van der Waals surface area contributed by atoms with Crippen LogP contribution in [-0.2, 0) is 16.1 Å². The summed E-state index contributed by atoms with van der Waals surface area (Å²) in [6.07, 6.45) is 6.32. The molecule has 1 fully saturated rings. The number of carbonyl (C=O) groups excluding carboxylic acids is 1. The lowest BCUT2D eigenvalue weighted by atomic mass is 9.98. The van der Waals surface area contributed by atoms with Crippen molar-refractivity contribution in [3.63, 3.8) is 0 Å². The molecular weight excluding hydrogens is 286 g/mol. The Labute approximate surface area is 128 Å². The molecule has 1 unspecified atom stereocenters. The van der Waals surface area contributed by atoms with Crippen LogP contribution < -0.4 is 11.2 Å². The van der Waals surface area contributed by atoms with E-state index in [9.17, 15) is 14.4 Å². The molecule has 1 aromatic rings. The number of aromatic amines is 1. The first-order valence-electron chi connectivity index (χ1n) is 7.70. The largest absolute Gasteiger partial charge is 0.385 e. The molecule has 1 amide bonds. The molecule has 0 spiro atoms. The quantitative estimate of drug-likeness (QED) is 0.768. The first-order chi connectivity index (χ1) is 10.6. The first kappa shape index (κ1) is 16.5. The Kier molecular flexibility index (Phi) is 5.94. The van der Waals surface area contributed by atoms with Gasteiger partial charge in [-0.2, -0.15) is 0 Å². The van der Waals surface area contributed by atoms with Gasteiger partial charge in [0.15, 0.2) is 0 Å². The minimum atomic E-state index is -0.547. The topological polar surface area (TPSA) is 84.4 Å². The molecule has 1 aromatic heterocycles. The van der Waals surface area contributed by atoms with Gasteiger partial charge in [-0.1, -0.05) is 0 Å². The normalized spacial score (nSPS) is 18.4. The predicted octanol–water partition coefficient (Wildman–Crippen LogP) is 0.344. The lowest BCUT2D eigenvalue weighted by Crippen LogP contribution is -2.46. The van der Waals surface area contributed by atoms with E-state index in [0.29, 0.717) is 6.61 Å². The van der Waals surface area contributed by atoms with E-state index >= 15 is 0 Å². The molecule has 2 heterocycles. The van der Waals surface area contributed by atoms with Crippen molar-refractivity contribution in [2.75, 3.05) is 20.3 Å². The summed E-state index contributed by atoms with van der Waals surface area (Å²) in [6.45, 7) is 1.39. The second-order valence-electron chi connectivity index (χ2n) is 5.61. The number of aromatic nitrogens is 2. The minimum absolute atomic E-state index is 0.0314. The third kappa shape index (κ3) is 4.30. The highest BCUT2D eigenvalue weighted by Gasteiger charge is 2.26. The molecule has 0 radical (unpaired) electrons. The van der Waals surface area contributed by atoms with Crippen LogP contribution in [0.5, 0.6) is 0 Å². The minimum Gasteiger partial charge on any atom is -0.385 e. The van der Waals surface area contributed by atoms with Gasteiger partial charge in [0.05, 0.1) is 0 Å². The molecule has 1 aliphatic rings. The monoisotopic (exact) mass is 309 g/mol. The summed E-state index contributed by atoms with van der Waals surface area (Å²) in [5.41, 5.74) is -1.00. The molecule has 22 heavy (non-hydrogen) atoms. The average Bonchev–Trinajstić information content (AvgIpc) is 2.51. The summed E-state index contributed by atoms with van der Waals surface area (Å²) in [4.78, 5) is 39.3. The number of nitrogens with zero attached hydrogens (tertiary/aromatic N) is 2. The predicted molar refractivity (Wildman–Crippen MR) is 81.8 cm³/mol. The molecule has 0 bridgehead atoms. The van der Waals surface area contributed by atoms with Crippen LogP contribution in [0.15, 0.2) is 21.9 Å². The van der Waals surface area contributed by atoms with E-state index < -0.39 is 11.2 Å². The smallest absolute Gasteiger partial charge is 0.328 e. The van der Waals surface area contributed by atoms with Gasteiger partial charge in [0.2, 0.25) is 5.91 Å². The number of H-pyrrole nitrogens is 1. The molecule has 2 rings (SSSR count). The fourth-order valence-electron chi connectivity index (χ4n) is 2.90. The number of amides is 1. The number of methoxy groups -OCH3 is 1. The summed E-state index contributed by atoms with van der Waals surface area (Å²) < 4.78 is 6.31. The highest BCUT2D eigenvalue weighted by Crippen LogP contribution is 2.21. The zero-order chi connectivity index (χ0) is 15.9. The van der Waals surface area contributed by atoms with Crippen LogP contribution >= 0.6 is 0 Å². The van der Waals surface area contributed by atoms with Crippen LogP contribution in [0.4, 0.5) is 0 Å². The number of hydrogen-bond acceptors (Lipinski definition) is 4. The first-order valence-corrected chi connectivity index (χ1v) is 7.70. The van der Waals surface area contributed by atoms with E-state index in [1.165, 1.54) is 16.8 Å². The highest BCUT2D eigenvalue weighted by atomic mass is 16.5. The van der Waals surface area contributed by atoms with Gasteiger partial charge in [0.1, 0.15) is 6.54 Å². The van der Waals surface area contributed by atoms with E-state index in [-0.39, 0.29) is 18.5 Å². The molecule has 122 valence electrons. The Hall–Kier alpha value is -1.89. The molecule has 1 atom stereocenters. The van der Waals surface area contributed by atoms with Gasteiger partial charge in [-0.25, -0.2) is 4.79 Å². The molecule has 1 aliphatic heterocycles. The second-order valence-corrected chi connectivity index (χ2v) is 5.61. The lowest BCUT2D eigenvalue weighted by Gasteiger charge is -2.36. The summed E-state index contributed by atoms with van der Waals surface area (Å²) in [5, 5.41) is 0. The van der Waals surface area contributed by atoms with E-state index in [4.69, 9.17) is 4.74 Å². The highest BCUT2D eigenvalue weighted by molar-refractivity contribution is 5.76. The second kappa shape index (κ2) is 7.93. The van der Waals surface area contributed by atoms with E-state index in [0.717, 1.165) is 38.6 Å². The SMILES string of the molecule is COCCCC1CCCCN1C(=O)Cn1ccc(=O)[nH]c1=O. The standard InChI is InChI=1S/C15H23N3O4/c1-22-10-4-6-12-5-2-3-8-18(12)14(20)11-17-9-7-13(19)16-15(17)21/h7,9,12H,2-6,8,10-11H2,1H3,(H,16,19,21). The van der Waals surface area contributed by atoms with Crippen molar-refractivity contribution in [3.05, 3.63) is 33.1 Å². The number of ether oxygens (including phenoxy) is 1. The Morgan fingerprint density at radius 1 is 1.41 bits per heavy atom. The summed E-state index contributed by atoms with van der Waals surface area (Å²) >= 11 is 0. The van der Waals surface area contributed by atoms with Gasteiger partial charge in [-0.15, -0.1) is 0 Å². The van der Waals surface area contributed by atoms with Crippen LogP contribution in [0.3, 0.4) is 0 Å². The molecule has 0 aliphatic carbocycles. The van der Waals surface area contributed by atoms with Crippen LogP contribution in [0.25, 0.3) is 0 Å². The molecular formula is C15H23N3O4. The number of piperidine rings is 1. The zero-order valence-corrected chi connectivity index (χ0v) is 12.9. The average molecular weight is 309 g/mol. The molecule has 7 heteroatoms. The Bertz CT molecular complexity index is 607. The van der Waals surface area contributed by atoms with Gasteiger partial charge in [-0.3, -0.25) is 19.1 Å². The van der Waals surface area contributed by atoms with Gasteiger partial charge < -0.3 is 9.64 Å². The van der Waals surface area contributed by atoms with Crippen LogP contribution in [0, 0.1) is 0 Å². The number of hydrogen-bond donors (Lipinski definition) is 1. The van der Waals surface area contributed by atoms with Gasteiger partial charge >= 0.3 is 5.69 Å². The molecule has 1 N–H and O–H groups in total. The van der Waals surface area contributed by atoms with Crippen LogP contribution in [0.1, 0.15) is 32.1 Å². The van der Waals surface area contributed by atoms with Crippen molar-refractivity contribution >= 4 is 5.91 Å². The Morgan fingerprint density at radius 3 is 2.95 bits per heavy atom. The third-order valence-corrected chi connectivity index (χ3v) is 4.04. The summed E-state index contributed by atoms with van der Waals surface area (Å²) in [7, 11) is 1.67. The van der Waals surface area contributed by atoms with E-state index in [1.54, 1.807) is 7.11 Å². The molecule has 1 saturated heterocycles. The number of carbonyl (C=O) groups is 1. The van der Waals surface area contributed by atoms with Gasteiger partial charge in [0, 0.05) is 38.6 Å². The number of likely N-dealkylation sites (tertiary alicyclic amines) is 1. The van der Waals surface area contributed by atoms with Crippen molar-refractivity contribution in [3.8, 4) is 0 Å². The molecule has 0 aromatic carbocycles. The number of nitrogens with one attached hydrogen (secondary N) is 1. The fourth-order valence-corrected chi connectivity index (χ4v) is 2.90. The van der Waals surface area contributed by atoms with Crippen molar-refractivity contribution in [1.82, 2.24) is 14.5 Å². The summed E-state index contributed by atoms with van der Waals surface area (Å²) in [6, 6.07) is 1.47. The third-order valence-electron chi connectivity index (χ3n) is 4.04. The lowest BCUT2D eigenvalue weighted by molar-refractivity contribution is -0.135. The fraction of sp³-hybridized carbons (Fsp3) is 0.667. The maximum atomic E-state index is 12.5. The number of rotatable bonds is 6. The Balaban J connectivity index is 2.02. The van der Waals surface area contributed by atoms with Crippen molar-refractivity contribution in [2.24, 2.45) is 0 Å². The zero-order valence-electron chi connectivity index (χ0n) is 12.9. The van der Waals surface area contributed by atoms with Crippen molar-refractivity contribution in [2.45, 2.75) is 44.7 Å². The Morgan fingerprint density at radius 2 is 2.23 bits per heavy atom.